The van der Waals surface area contributed by atoms with Gasteiger partial charge in [-0.1, -0.05) is 25.8 Å². The van der Waals surface area contributed by atoms with Crippen LogP contribution in [-0.4, -0.2) is 23.0 Å². The monoisotopic (exact) mass is 267 g/mol. The molecular formula is C14H18FNO3. The Morgan fingerprint density at radius 2 is 2.11 bits per heavy atom. The number of nitrogens with one attached hydrogen (secondary N) is 1. The van der Waals surface area contributed by atoms with Crippen molar-refractivity contribution < 1.29 is 19.1 Å². The molecule has 0 aromatic heterocycles. The van der Waals surface area contributed by atoms with E-state index < -0.39 is 23.7 Å². The molecule has 2 N–H and O–H groups in total. The van der Waals surface area contributed by atoms with E-state index in [-0.39, 0.29) is 5.56 Å². The van der Waals surface area contributed by atoms with Crippen LogP contribution in [0.25, 0.3) is 0 Å². The van der Waals surface area contributed by atoms with Crippen LogP contribution in [0.2, 0.25) is 0 Å². The van der Waals surface area contributed by atoms with Gasteiger partial charge in [0.15, 0.2) is 0 Å². The zero-order valence-electron chi connectivity index (χ0n) is 11.1. The number of hydrogen-bond acceptors (Lipinski definition) is 2. The standard InChI is InChI=1S/C14H18FNO3/c1-3-4-5-12(14(18)19)16-13(17)10-7-6-9(2)11(15)8-10/h6-8,12H,3-5H2,1-2H3,(H,16,17)(H,18,19). The van der Waals surface area contributed by atoms with Crippen LogP contribution in [0.1, 0.15) is 42.1 Å². The summed E-state index contributed by atoms with van der Waals surface area (Å²) in [7, 11) is 0. The number of aliphatic carboxylic acids is 1. The molecule has 0 aliphatic heterocycles. The predicted octanol–water partition coefficient (Wildman–Crippen LogP) is 2.51. The number of unbranched alkanes of at least 4 members (excludes halogenated alkanes) is 1. The maximum atomic E-state index is 13.3. The number of halogens is 1. The number of carbonyl (C=O) groups is 2. The molecule has 1 aromatic carbocycles. The second-order valence-corrected chi connectivity index (χ2v) is 4.47. The molecule has 1 atom stereocenters. The molecule has 0 aliphatic rings. The smallest absolute Gasteiger partial charge is 0.326 e. The van der Waals surface area contributed by atoms with Gasteiger partial charge < -0.3 is 10.4 Å². The highest BCUT2D eigenvalue weighted by Gasteiger charge is 2.20. The molecule has 0 aliphatic carbocycles. The first-order chi connectivity index (χ1) is 8.95. The molecule has 0 saturated heterocycles. The van der Waals surface area contributed by atoms with Crippen molar-refractivity contribution >= 4 is 11.9 Å². The maximum Gasteiger partial charge on any atom is 0.326 e. The number of carboxylic acid groups (broad SMARTS) is 1. The van der Waals surface area contributed by atoms with Crippen LogP contribution < -0.4 is 5.32 Å². The summed E-state index contributed by atoms with van der Waals surface area (Å²) in [6, 6.07) is 3.15. The number of hydrogen-bond donors (Lipinski definition) is 2. The molecule has 104 valence electrons. The number of amides is 1. The van der Waals surface area contributed by atoms with Crippen LogP contribution in [0.3, 0.4) is 0 Å². The number of aryl methyl sites for hydroxylation is 1. The number of benzene rings is 1. The average Bonchev–Trinajstić information content (AvgIpc) is 2.37. The van der Waals surface area contributed by atoms with Gasteiger partial charge in [-0.25, -0.2) is 9.18 Å². The minimum Gasteiger partial charge on any atom is -0.480 e. The van der Waals surface area contributed by atoms with Crippen molar-refractivity contribution in [3.63, 3.8) is 0 Å². The molecule has 4 nitrogen and oxygen atoms in total. The first-order valence-corrected chi connectivity index (χ1v) is 6.25. The maximum absolute atomic E-state index is 13.3. The van der Waals surface area contributed by atoms with Crippen molar-refractivity contribution in [3.05, 3.63) is 35.1 Å². The van der Waals surface area contributed by atoms with Gasteiger partial charge in [-0.3, -0.25) is 4.79 Å². The lowest BCUT2D eigenvalue weighted by Gasteiger charge is -2.14. The highest BCUT2D eigenvalue weighted by molar-refractivity contribution is 5.96. The summed E-state index contributed by atoms with van der Waals surface area (Å²) in [6.07, 6.45) is 1.92. The number of carbonyl (C=O) groups excluding carboxylic acids is 1. The molecule has 0 heterocycles. The Morgan fingerprint density at radius 1 is 1.42 bits per heavy atom. The third-order valence-corrected chi connectivity index (χ3v) is 2.88. The summed E-state index contributed by atoms with van der Waals surface area (Å²) in [6.45, 7) is 3.54. The van der Waals surface area contributed by atoms with E-state index in [4.69, 9.17) is 5.11 Å². The van der Waals surface area contributed by atoms with Gasteiger partial charge in [0.2, 0.25) is 0 Å². The highest BCUT2D eigenvalue weighted by Crippen LogP contribution is 2.10. The molecule has 1 aromatic rings. The van der Waals surface area contributed by atoms with Crippen LogP contribution in [0.5, 0.6) is 0 Å². The van der Waals surface area contributed by atoms with E-state index in [9.17, 15) is 14.0 Å². The molecular weight excluding hydrogens is 249 g/mol. The molecule has 0 spiro atoms. The summed E-state index contributed by atoms with van der Waals surface area (Å²) in [5.74, 6) is -2.12. The minimum absolute atomic E-state index is 0.130. The lowest BCUT2D eigenvalue weighted by molar-refractivity contribution is -0.139. The summed E-state index contributed by atoms with van der Waals surface area (Å²) in [5.41, 5.74) is 0.572. The van der Waals surface area contributed by atoms with Crippen LogP contribution in [0.15, 0.2) is 18.2 Å². The number of rotatable bonds is 6. The number of carboxylic acids is 1. The topological polar surface area (TPSA) is 66.4 Å². The third-order valence-electron chi connectivity index (χ3n) is 2.88. The minimum atomic E-state index is -1.07. The van der Waals surface area contributed by atoms with Crippen molar-refractivity contribution in [2.75, 3.05) is 0 Å². The SMILES string of the molecule is CCCCC(NC(=O)c1ccc(C)c(F)c1)C(=O)O. The van der Waals surface area contributed by atoms with E-state index in [2.05, 4.69) is 5.32 Å². The summed E-state index contributed by atoms with van der Waals surface area (Å²) in [5, 5.41) is 11.4. The molecule has 5 heteroatoms. The highest BCUT2D eigenvalue weighted by atomic mass is 19.1. The van der Waals surface area contributed by atoms with Crippen LogP contribution in [0, 0.1) is 12.7 Å². The fraction of sp³-hybridized carbons (Fsp3) is 0.429. The molecule has 1 amide bonds. The van der Waals surface area contributed by atoms with Crippen molar-refractivity contribution in [1.82, 2.24) is 5.32 Å². The van der Waals surface area contributed by atoms with Gasteiger partial charge in [0.05, 0.1) is 0 Å². The van der Waals surface area contributed by atoms with E-state index in [0.717, 1.165) is 12.5 Å². The Hall–Kier alpha value is -1.91. The molecule has 0 bridgehead atoms. The fourth-order valence-electron chi connectivity index (χ4n) is 1.64. The van der Waals surface area contributed by atoms with Gasteiger partial charge in [0.1, 0.15) is 11.9 Å². The Labute approximate surface area is 111 Å². The molecule has 1 rings (SSSR count). The van der Waals surface area contributed by atoms with E-state index >= 15 is 0 Å². The largest absolute Gasteiger partial charge is 0.480 e. The van der Waals surface area contributed by atoms with Crippen molar-refractivity contribution in [2.24, 2.45) is 0 Å². The van der Waals surface area contributed by atoms with Gasteiger partial charge in [-0.15, -0.1) is 0 Å². The normalized spacial score (nSPS) is 11.9. The Bertz CT molecular complexity index is 474. The van der Waals surface area contributed by atoms with Gasteiger partial charge >= 0.3 is 5.97 Å². The predicted molar refractivity (Wildman–Crippen MR) is 69.6 cm³/mol. The molecule has 0 saturated carbocycles. The zero-order valence-corrected chi connectivity index (χ0v) is 11.1. The summed E-state index contributed by atoms with van der Waals surface area (Å²) >= 11 is 0. The van der Waals surface area contributed by atoms with E-state index in [1.54, 1.807) is 6.92 Å². The van der Waals surface area contributed by atoms with E-state index in [1.165, 1.54) is 12.1 Å². The van der Waals surface area contributed by atoms with Gasteiger partial charge in [0.25, 0.3) is 5.91 Å². The summed E-state index contributed by atoms with van der Waals surface area (Å²) in [4.78, 5) is 22.8. The van der Waals surface area contributed by atoms with Crippen molar-refractivity contribution in [3.8, 4) is 0 Å². The van der Waals surface area contributed by atoms with E-state index in [1.807, 2.05) is 6.92 Å². The molecule has 0 fully saturated rings. The van der Waals surface area contributed by atoms with Gasteiger partial charge in [-0.2, -0.15) is 0 Å². The zero-order chi connectivity index (χ0) is 14.4. The fourth-order valence-corrected chi connectivity index (χ4v) is 1.64. The second kappa shape index (κ2) is 6.87. The van der Waals surface area contributed by atoms with Crippen LogP contribution >= 0.6 is 0 Å². The lowest BCUT2D eigenvalue weighted by atomic mass is 10.1. The van der Waals surface area contributed by atoms with Crippen molar-refractivity contribution in [2.45, 2.75) is 39.2 Å². The van der Waals surface area contributed by atoms with Crippen molar-refractivity contribution in [1.29, 1.82) is 0 Å². The molecule has 0 radical (unpaired) electrons. The molecule has 19 heavy (non-hydrogen) atoms. The Kier molecular flexibility index (Phi) is 5.48. The quantitative estimate of drug-likeness (QED) is 0.832. The van der Waals surface area contributed by atoms with Crippen LogP contribution in [-0.2, 0) is 4.79 Å². The van der Waals surface area contributed by atoms with Gasteiger partial charge in [0, 0.05) is 5.56 Å². The Balaban J connectivity index is 2.75. The second-order valence-electron chi connectivity index (χ2n) is 4.47. The first kappa shape index (κ1) is 15.1. The van der Waals surface area contributed by atoms with E-state index in [0.29, 0.717) is 18.4 Å². The Morgan fingerprint density at radius 3 is 2.63 bits per heavy atom. The molecule has 1 unspecified atom stereocenters. The lowest BCUT2D eigenvalue weighted by Crippen LogP contribution is -2.40. The van der Waals surface area contributed by atoms with Gasteiger partial charge in [-0.05, 0) is 31.0 Å². The average molecular weight is 267 g/mol. The first-order valence-electron chi connectivity index (χ1n) is 6.25. The van der Waals surface area contributed by atoms with Crippen LogP contribution in [0.4, 0.5) is 4.39 Å². The third kappa shape index (κ3) is 4.35. The summed E-state index contributed by atoms with van der Waals surface area (Å²) < 4.78 is 13.3.